The summed E-state index contributed by atoms with van der Waals surface area (Å²) < 4.78 is 0. The third kappa shape index (κ3) is 3.30. The topological polar surface area (TPSA) is 24.9 Å². The monoisotopic (exact) mass is 270 g/mol. The zero-order valence-electron chi connectivity index (χ0n) is 13.5. The number of nitrogens with zero attached hydrogens (tertiary/aromatic N) is 1. The summed E-state index contributed by atoms with van der Waals surface area (Å²) >= 11 is 0. The molecule has 0 amide bonds. The van der Waals surface area contributed by atoms with Crippen molar-refractivity contribution in [1.82, 2.24) is 10.3 Å². The molecule has 0 aliphatic carbocycles. The maximum Gasteiger partial charge on any atom is 0.0871 e. The van der Waals surface area contributed by atoms with Crippen LogP contribution in [0, 0.1) is 5.41 Å². The molecule has 1 aliphatic rings. The van der Waals surface area contributed by atoms with Crippen LogP contribution in [0.2, 0.25) is 0 Å². The maximum atomic E-state index is 4.55. The molecule has 1 aromatic heterocycles. The molecule has 2 nitrogen and oxygen atoms in total. The summed E-state index contributed by atoms with van der Waals surface area (Å²) in [6.45, 7) is 13.4. The minimum absolute atomic E-state index is 0.152. The van der Waals surface area contributed by atoms with Crippen LogP contribution in [-0.2, 0) is 5.41 Å². The zero-order chi connectivity index (χ0) is 15.0. The van der Waals surface area contributed by atoms with E-state index in [4.69, 9.17) is 0 Å². The molecule has 0 radical (unpaired) electrons. The highest BCUT2D eigenvalue weighted by atomic mass is 14.9. The highest BCUT2D eigenvalue weighted by molar-refractivity contribution is 5.34. The quantitative estimate of drug-likeness (QED) is 0.812. The van der Waals surface area contributed by atoms with E-state index in [1.807, 2.05) is 12.4 Å². The van der Waals surface area contributed by atoms with Crippen molar-refractivity contribution in [1.29, 1.82) is 0 Å². The third-order valence-corrected chi connectivity index (χ3v) is 3.72. The van der Waals surface area contributed by atoms with Crippen LogP contribution in [0.5, 0.6) is 0 Å². The Labute approximate surface area is 123 Å². The summed E-state index contributed by atoms with van der Waals surface area (Å²) in [7, 11) is 0. The van der Waals surface area contributed by atoms with Crippen molar-refractivity contribution in [3.8, 4) is 0 Å². The first-order valence-electron chi connectivity index (χ1n) is 7.29. The average Bonchev–Trinajstić information content (AvgIpc) is 2.37. The number of hydrogen-bond acceptors (Lipinski definition) is 2. The number of allylic oxidation sites excluding steroid dienone is 2. The Morgan fingerprint density at radius 1 is 1.05 bits per heavy atom. The van der Waals surface area contributed by atoms with E-state index in [0.29, 0.717) is 0 Å². The van der Waals surface area contributed by atoms with Crippen molar-refractivity contribution in [2.75, 3.05) is 0 Å². The zero-order valence-corrected chi connectivity index (χ0v) is 13.5. The van der Waals surface area contributed by atoms with Crippen molar-refractivity contribution in [2.24, 2.45) is 5.41 Å². The van der Waals surface area contributed by atoms with Crippen LogP contribution in [0.25, 0.3) is 0 Å². The summed E-state index contributed by atoms with van der Waals surface area (Å²) in [5.74, 6) is 0. The van der Waals surface area contributed by atoms with Gasteiger partial charge in [0.05, 0.1) is 11.7 Å². The molecule has 0 fully saturated rings. The van der Waals surface area contributed by atoms with Gasteiger partial charge in [-0.15, -0.1) is 0 Å². The van der Waals surface area contributed by atoms with Crippen LogP contribution in [-0.4, -0.2) is 4.98 Å². The molecule has 2 heteroatoms. The highest BCUT2D eigenvalue weighted by Gasteiger charge is 2.22. The van der Waals surface area contributed by atoms with E-state index in [1.165, 1.54) is 11.1 Å². The molecule has 1 unspecified atom stereocenters. The lowest BCUT2D eigenvalue weighted by molar-refractivity contribution is 0.504. The maximum absolute atomic E-state index is 4.55. The first kappa shape index (κ1) is 14.8. The van der Waals surface area contributed by atoms with Gasteiger partial charge in [0, 0.05) is 6.20 Å². The van der Waals surface area contributed by atoms with Gasteiger partial charge in [-0.1, -0.05) is 47.6 Å². The predicted octanol–water partition coefficient (Wildman–Crippen LogP) is 4.51. The Bertz CT molecular complexity index is 539. The van der Waals surface area contributed by atoms with Crippen molar-refractivity contribution in [3.63, 3.8) is 0 Å². The molecular formula is C18H26N2. The lowest BCUT2D eigenvalue weighted by Gasteiger charge is -2.27. The van der Waals surface area contributed by atoms with E-state index in [2.05, 4.69) is 76.1 Å². The number of nitrogens with one attached hydrogen (secondary N) is 1. The van der Waals surface area contributed by atoms with E-state index in [-0.39, 0.29) is 16.9 Å². The van der Waals surface area contributed by atoms with Gasteiger partial charge in [0.25, 0.3) is 0 Å². The predicted molar refractivity (Wildman–Crippen MR) is 85.5 cm³/mol. The van der Waals surface area contributed by atoms with Crippen LogP contribution in [0.4, 0.5) is 0 Å². The number of aromatic nitrogens is 1. The molecule has 1 aliphatic heterocycles. The average molecular weight is 270 g/mol. The minimum Gasteiger partial charge on any atom is -0.379 e. The molecular weight excluding hydrogens is 244 g/mol. The first-order chi connectivity index (χ1) is 9.18. The van der Waals surface area contributed by atoms with E-state index in [0.717, 1.165) is 5.69 Å². The number of rotatable bonds is 1. The van der Waals surface area contributed by atoms with Crippen molar-refractivity contribution in [3.05, 3.63) is 53.5 Å². The molecule has 1 atom stereocenters. The Morgan fingerprint density at radius 3 is 2.35 bits per heavy atom. The van der Waals surface area contributed by atoms with Gasteiger partial charge in [-0.3, -0.25) is 4.98 Å². The first-order valence-corrected chi connectivity index (χ1v) is 7.29. The standard InChI is InChI=1S/C18H26N2/c1-17(2,3)13-7-9-19-15(11-13)16-12-14(8-10-20-16)18(4,5)6/h7-12,15,19H,1-6H3. The second kappa shape index (κ2) is 5.08. The molecule has 1 aromatic rings. The van der Waals surface area contributed by atoms with Crippen LogP contribution >= 0.6 is 0 Å². The van der Waals surface area contributed by atoms with Crippen LogP contribution in [0.15, 0.2) is 42.3 Å². The Balaban J connectivity index is 2.34. The summed E-state index contributed by atoms with van der Waals surface area (Å²) in [5, 5.41) is 3.40. The molecule has 2 rings (SSSR count). The fourth-order valence-electron chi connectivity index (χ4n) is 2.28. The normalized spacial score (nSPS) is 19.5. The van der Waals surface area contributed by atoms with Gasteiger partial charge in [0.1, 0.15) is 0 Å². The van der Waals surface area contributed by atoms with E-state index in [1.54, 1.807) is 0 Å². The summed E-state index contributed by atoms with van der Waals surface area (Å²) in [4.78, 5) is 4.55. The molecule has 108 valence electrons. The van der Waals surface area contributed by atoms with E-state index in [9.17, 15) is 0 Å². The highest BCUT2D eigenvalue weighted by Crippen LogP contribution is 2.32. The van der Waals surface area contributed by atoms with Crippen LogP contribution in [0.1, 0.15) is 58.8 Å². The third-order valence-electron chi connectivity index (χ3n) is 3.72. The molecule has 0 aromatic carbocycles. The van der Waals surface area contributed by atoms with Gasteiger partial charge in [-0.25, -0.2) is 0 Å². The summed E-state index contributed by atoms with van der Waals surface area (Å²) in [5.41, 5.74) is 4.08. The molecule has 0 bridgehead atoms. The van der Waals surface area contributed by atoms with Gasteiger partial charge in [0.15, 0.2) is 0 Å². The van der Waals surface area contributed by atoms with Gasteiger partial charge < -0.3 is 5.32 Å². The minimum atomic E-state index is 0.152. The van der Waals surface area contributed by atoms with Crippen molar-refractivity contribution < 1.29 is 0 Å². The number of hydrogen-bond donors (Lipinski definition) is 1. The molecule has 1 N–H and O–H groups in total. The number of dihydropyridines is 1. The lowest BCUT2D eigenvalue weighted by Crippen LogP contribution is -2.22. The van der Waals surface area contributed by atoms with Gasteiger partial charge in [0.2, 0.25) is 0 Å². The summed E-state index contributed by atoms with van der Waals surface area (Å²) in [6, 6.07) is 4.49. The fraction of sp³-hybridized carbons (Fsp3) is 0.500. The van der Waals surface area contributed by atoms with Gasteiger partial charge >= 0.3 is 0 Å². The molecule has 0 spiro atoms. The van der Waals surface area contributed by atoms with E-state index >= 15 is 0 Å². The Morgan fingerprint density at radius 2 is 1.75 bits per heavy atom. The number of pyridine rings is 1. The Kier molecular flexibility index (Phi) is 3.77. The molecule has 20 heavy (non-hydrogen) atoms. The second-order valence-corrected chi connectivity index (χ2v) is 7.57. The van der Waals surface area contributed by atoms with E-state index < -0.39 is 0 Å². The summed E-state index contributed by atoms with van der Waals surface area (Å²) in [6.07, 6.45) is 8.40. The second-order valence-electron chi connectivity index (χ2n) is 7.57. The lowest BCUT2D eigenvalue weighted by atomic mass is 9.83. The SMILES string of the molecule is CC(C)(C)C1=CC(c2cc(C(C)(C)C)ccn2)NC=C1. The Hall–Kier alpha value is -1.57. The molecule has 0 saturated carbocycles. The smallest absolute Gasteiger partial charge is 0.0871 e. The van der Waals surface area contributed by atoms with Crippen molar-refractivity contribution >= 4 is 0 Å². The van der Waals surface area contributed by atoms with Crippen LogP contribution < -0.4 is 5.32 Å². The molecule has 2 heterocycles. The van der Waals surface area contributed by atoms with Gasteiger partial charge in [-0.2, -0.15) is 0 Å². The van der Waals surface area contributed by atoms with Gasteiger partial charge in [-0.05, 0) is 46.4 Å². The van der Waals surface area contributed by atoms with Crippen LogP contribution in [0.3, 0.4) is 0 Å². The van der Waals surface area contributed by atoms with Crippen molar-refractivity contribution in [2.45, 2.75) is 53.0 Å². The largest absolute Gasteiger partial charge is 0.379 e. The fourth-order valence-corrected chi connectivity index (χ4v) is 2.28. The molecule has 0 saturated heterocycles.